The van der Waals surface area contributed by atoms with Crippen LogP contribution in [0.1, 0.15) is 23.3 Å². The summed E-state index contributed by atoms with van der Waals surface area (Å²) < 4.78 is 22.3. The molecule has 0 spiro atoms. The van der Waals surface area contributed by atoms with Crippen molar-refractivity contribution < 1.29 is 23.7 Å². The van der Waals surface area contributed by atoms with E-state index in [1.54, 1.807) is 0 Å². The molecule has 0 aliphatic carbocycles. The average Bonchev–Trinajstić information content (AvgIpc) is 2.92. The molecule has 1 amide bonds. The lowest BCUT2D eigenvalue weighted by molar-refractivity contribution is -0.0421. The fourth-order valence-electron chi connectivity index (χ4n) is 1.69. The second-order valence-corrected chi connectivity index (χ2v) is 5.59. The Morgan fingerprint density at radius 3 is 3.11 bits per heavy atom. The summed E-state index contributed by atoms with van der Waals surface area (Å²) in [4.78, 5) is 14.6. The van der Waals surface area contributed by atoms with E-state index in [4.69, 9.17) is 15.0 Å². The molecule has 1 unspecified atom stereocenters. The lowest BCUT2D eigenvalue weighted by atomic mass is 10.2. The number of carbonyl (C=O) groups excluding carboxylic acids is 1. The van der Waals surface area contributed by atoms with Gasteiger partial charge in [0.05, 0.1) is 6.10 Å². The first-order valence-corrected chi connectivity index (χ1v) is 7.64. The SMILES string of the molecule is NC(=O)c1ncn([C@H]2C[C@H](O)[C@@H](CO[P+](=O)S)O2)n1. The van der Waals surface area contributed by atoms with Crippen molar-refractivity contribution in [3.8, 4) is 0 Å². The van der Waals surface area contributed by atoms with Gasteiger partial charge in [-0.05, 0) is 4.57 Å². The molecule has 2 rings (SSSR count). The lowest BCUT2D eigenvalue weighted by Crippen LogP contribution is -2.25. The number of rotatable bonds is 5. The maximum Gasteiger partial charge on any atom is 0.582 e. The summed E-state index contributed by atoms with van der Waals surface area (Å²) in [5.74, 6) is -0.875. The second kappa shape index (κ2) is 5.93. The maximum absolute atomic E-state index is 10.9. The van der Waals surface area contributed by atoms with Crippen molar-refractivity contribution >= 4 is 25.4 Å². The first kappa shape index (κ1) is 14.4. The number of aliphatic hydroxyl groups excluding tert-OH is 1. The van der Waals surface area contributed by atoms with Gasteiger partial charge in [0.15, 0.2) is 6.23 Å². The maximum atomic E-state index is 10.9. The van der Waals surface area contributed by atoms with Crippen molar-refractivity contribution in [3.63, 3.8) is 0 Å². The van der Waals surface area contributed by atoms with Crippen LogP contribution in [0.25, 0.3) is 0 Å². The number of hydrogen-bond donors (Lipinski definition) is 3. The monoisotopic (exact) mass is 307 g/mol. The number of carbonyl (C=O) groups is 1. The third-order valence-electron chi connectivity index (χ3n) is 2.58. The van der Waals surface area contributed by atoms with E-state index in [0.717, 1.165) is 0 Å². The first-order valence-electron chi connectivity index (χ1n) is 5.31. The standard InChI is InChI=1S/C8H11N4O5PS/c9-7(14)8-10-3-12(11-8)6-1-4(13)5(17-6)2-16-18(15)19/h3-6,13H,1-2H2,(H2-,9,14,15,19)/p+1/t4-,5+,6+/m0/s1. The summed E-state index contributed by atoms with van der Waals surface area (Å²) in [6.07, 6.45) is -0.479. The van der Waals surface area contributed by atoms with E-state index in [1.807, 2.05) is 0 Å². The van der Waals surface area contributed by atoms with Crippen molar-refractivity contribution in [1.29, 1.82) is 0 Å². The molecule has 0 saturated carbocycles. The van der Waals surface area contributed by atoms with Crippen molar-refractivity contribution in [2.75, 3.05) is 6.61 Å². The van der Waals surface area contributed by atoms with Gasteiger partial charge in [0.2, 0.25) is 5.82 Å². The fourth-order valence-corrected chi connectivity index (χ4v) is 2.17. The highest BCUT2D eigenvalue weighted by molar-refractivity contribution is 8.39. The van der Waals surface area contributed by atoms with Crippen LogP contribution in [-0.2, 0) is 13.8 Å². The normalized spacial score (nSPS) is 27.5. The van der Waals surface area contributed by atoms with E-state index >= 15 is 0 Å². The molecule has 19 heavy (non-hydrogen) atoms. The summed E-state index contributed by atoms with van der Waals surface area (Å²) >= 11 is 3.59. The Hall–Kier alpha value is -1.06. The number of nitrogens with two attached hydrogens (primary N) is 1. The molecule has 1 aliphatic heterocycles. The Bertz CT molecular complexity index is 497. The molecule has 1 fully saturated rings. The Morgan fingerprint density at radius 1 is 1.79 bits per heavy atom. The van der Waals surface area contributed by atoms with Gasteiger partial charge in [-0.1, -0.05) is 0 Å². The summed E-state index contributed by atoms with van der Waals surface area (Å²) in [7, 11) is -2.05. The highest BCUT2D eigenvalue weighted by atomic mass is 32.7. The third kappa shape index (κ3) is 3.48. The van der Waals surface area contributed by atoms with Crippen LogP contribution in [0.3, 0.4) is 0 Å². The first-order chi connectivity index (χ1) is 8.97. The zero-order valence-electron chi connectivity index (χ0n) is 9.62. The van der Waals surface area contributed by atoms with Gasteiger partial charge in [-0.3, -0.25) is 4.79 Å². The molecule has 1 aromatic heterocycles. The van der Waals surface area contributed by atoms with Crippen molar-refractivity contribution in [2.45, 2.75) is 24.9 Å². The number of thiol groups is 1. The van der Waals surface area contributed by atoms with E-state index in [0.29, 0.717) is 0 Å². The van der Waals surface area contributed by atoms with Gasteiger partial charge >= 0.3 is 7.23 Å². The summed E-state index contributed by atoms with van der Waals surface area (Å²) in [5, 5.41) is 13.6. The molecule has 3 N–H and O–H groups in total. The number of amides is 1. The molecular formula is C8H12N4O5PS+. The molecule has 9 nitrogen and oxygen atoms in total. The van der Waals surface area contributed by atoms with Crippen LogP contribution in [0.2, 0.25) is 0 Å². The zero-order chi connectivity index (χ0) is 14.0. The summed E-state index contributed by atoms with van der Waals surface area (Å²) in [6, 6.07) is 0. The largest absolute Gasteiger partial charge is 0.582 e. The smallest absolute Gasteiger partial charge is 0.390 e. The molecule has 0 radical (unpaired) electrons. The molecule has 1 aromatic rings. The molecule has 1 aliphatic rings. The van der Waals surface area contributed by atoms with E-state index in [9.17, 15) is 14.5 Å². The van der Waals surface area contributed by atoms with E-state index in [2.05, 4.69) is 22.3 Å². The van der Waals surface area contributed by atoms with Crippen LogP contribution < -0.4 is 5.73 Å². The number of hydrogen-bond acceptors (Lipinski definition) is 7. The number of ether oxygens (including phenoxy) is 1. The fraction of sp³-hybridized carbons (Fsp3) is 0.625. The molecule has 2 heterocycles. The van der Waals surface area contributed by atoms with Crippen LogP contribution in [0.5, 0.6) is 0 Å². The highest BCUT2D eigenvalue weighted by Gasteiger charge is 2.37. The molecule has 104 valence electrons. The van der Waals surface area contributed by atoms with E-state index < -0.39 is 31.6 Å². The Balaban J connectivity index is 1.99. The molecule has 11 heteroatoms. The number of primary amides is 1. The lowest BCUT2D eigenvalue weighted by Gasteiger charge is -2.11. The molecule has 4 atom stereocenters. The number of aromatic nitrogens is 3. The van der Waals surface area contributed by atoms with Crippen LogP contribution in [-0.4, -0.2) is 44.6 Å². The topological polar surface area (TPSA) is 130 Å². The zero-order valence-corrected chi connectivity index (χ0v) is 11.4. The predicted octanol–water partition coefficient (Wildman–Crippen LogP) is -0.371. The Labute approximate surface area is 114 Å². The predicted molar refractivity (Wildman–Crippen MR) is 65.6 cm³/mol. The van der Waals surface area contributed by atoms with Gasteiger partial charge in [-0.2, -0.15) is 0 Å². The minimum Gasteiger partial charge on any atom is -0.390 e. The van der Waals surface area contributed by atoms with Crippen molar-refractivity contribution in [2.24, 2.45) is 5.73 Å². The van der Waals surface area contributed by atoms with E-state index in [-0.39, 0.29) is 18.9 Å². The van der Waals surface area contributed by atoms with Crippen LogP contribution in [0.15, 0.2) is 6.33 Å². The van der Waals surface area contributed by atoms with Crippen LogP contribution >= 0.6 is 19.5 Å². The molecule has 1 saturated heterocycles. The molecule has 0 aromatic carbocycles. The van der Waals surface area contributed by atoms with Gasteiger partial charge < -0.3 is 15.6 Å². The van der Waals surface area contributed by atoms with Gasteiger partial charge in [0.25, 0.3) is 5.91 Å². The van der Waals surface area contributed by atoms with Crippen molar-refractivity contribution in [3.05, 3.63) is 12.2 Å². The van der Waals surface area contributed by atoms with Crippen LogP contribution in [0, 0.1) is 0 Å². The minimum atomic E-state index is -2.05. The summed E-state index contributed by atoms with van der Waals surface area (Å²) in [5.41, 5.74) is 5.03. The summed E-state index contributed by atoms with van der Waals surface area (Å²) in [6.45, 7) is -0.0479. The number of aliphatic hydroxyl groups is 1. The molecule has 0 bridgehead atoms. The molecular weight excluding hydrogens is 295 g/mol. The van der Waals surface area contributed by atoms with Gasteiger partial charge in [0.1, 0.15) is 31.3 Å². The Kier molecular flexibility index (Phi) is 4.48. The quantitative estimate of drug-likeness (QED) is 0.500. The number of nitrogens with zero attached hydrogens (tertiary/aromatic N) is 3. The highest BCUT2D eigenvalue weighted by Crippen LogP contribution is 2.32. The van der Waals surface area contributed by atoms with Crippen molar-refractivity contribution in [1.82, 2.24) is 14.8 Å². The third-order valence-corrected chi connectivity index (χ3v) is 3.29. The van der Waals surface area contributed by atoms with E-state index in [1.165, 1.54) is 11.0 Å². The average molecular weight is 307 g/mol. The van der Waals surface area contributed by atoms with Crippen LogP contribution in [0.4, 0.5) is 0 Å². The second-order valence-electron chi connectivity index (χ2n) is 3.88. The minimum absolute atomic E-state index is 0.0479. The van der Waals surface area contributed by atoms with Gasteiger partial charge in [0, 0.05) is 6.42 Å². The Morgan fingerprint density at radius 2 is 2.53 bits per heavy atom. The van der Waals surface area contributed by atoms with Gasteiger partial charge in [-0.25, -0.2) is 9.67 Å². The van der Waals surface area contributed by atoms with Gasteiger partial charge in [-0.15, -0.1) is 9.62 Å².